The first-order valence-corrected chi connectivity index (χ1v) is 7.17. The van der Waals surface area contributed by atoms with Gasteiger partial charge in [0.25, 0.3) is 0 Å². The molecule has 0 aromatic carbocycles. The average molecular weight is 261 g/mol. The summed E-state index contributed by atoms with van der Waals surface area (Å²) in [5, 5.41) is 21.9. The molecule has 0 aromatic heterocycles. The predicted octanol–water partition coefficient (Wildman–Crippen LogP) is 1.55. The highest BCUT2D eigenvalue weighted by Crippen LogP contribution is 2.03. The molecular formula is C14H31NO3. The van der Waals surface area contributed by atoms with Gasteiger partial charge < -0.3 is 20.3 Å². The fraction of sp³-hybridized carbons (Fsp3) is 1.00. The second-order valence-corrected chi connectivity index (χ2v) is 5.46. The van der Waals surface area contributed by atoms with Crippen molar-refractivity contribution in [2.75, 3.05) is 26.3 Å². The lowest BCUT2D eigenvalue weighted by Gasteiger charge is -2.13. The Morgan fingerprint density at radius 2 is 1.78 bits per heavy atom. The molecule has 2 atom stereocenters. The Balaban J connectivity index is 3.19. The van der Waals surface area contributed by atoms with Crippen LogP contribution in [0.4, 0.5) is 0 Å². The fourth-order valence-electron chi connectivity index (χ4n) is 1.66. The molecule has 0 aliphatic heterocycles. The van der Waals surface area contributed by atoms with Crippen molar-refractivity contribution in [2.24, 2.45) is 5.92 Å². The summed E-state index contributed by atoms with van der Waals surface area (Å²) in [6.45, 7) is 8.72. The van der Waals surface area contributed by atoms with E-state index in [1.165, 1.54) is 6.42 Å². The van der Waals surface area contributed by atoms with E-state index in [0.717, 1.165) is 32.4 Å². The van der Waals surface area contributed by atoms with E-state index in [4.69, 9.17) is 9.84 Å². The summed E-state index contributed by atoms with van der Waals surface area (Å²) in [6, 6.07) is 0. The molecule has 0 saturated heterocycles. The minimum absolute atomic E-state index is 0.235. The number of ether oxygens (including phenoxy) is 1. The number of nitrogens with one attached hydrogen (secondary N) is 1. The van der Waals surface area contributed by atoms with E-state index in [-0.39, 0.29) is 6.10 Å². The van der Waals surface area contributed by atoms with Crippen LogP contribution in [-0.4, -0.2) is 48.7 Å². The fourth-order valence-corrected chi connectivity index (χ4v) is 1.66. The molecule has 4 nitrogen and oxygen atoms in total. The van der Waals surface area contributed by atoms with Crippen LogP contribution < -0.4 is 5.32 Å². The summed E-state index contributed by atoms with van der Waals surface area (Å²) in [6.07, 6.45) is 3.30. The van der Waals surface area contributed by atoms with Crippen molar-refractivity contribution in [2.45, 2.75) is 58.7 Å². The summed E-state index contributed by atoms with van der Waals surface area (Å²) in [4.78, 5) is 0. The van der Waals surface area contributed by atoms with Gasteiger partial charge in [-0.15, -0.1) is 0 Å². The molecule has 0 amide bonds. The number of rotatable bonds is 12. The van der Waals surface area contributed by atoms with Gasteiger partial charge in [-0.3, -0.25) is 0 Å². The molecule has 0 spiro atoms. The highest BCUT2D eigenvalue weighted by atomic mass is 16.5. The van der Waals surface area contributed by atoms with Gasteiger partial charge in [0.15, 0.2) is 0 Å². The zero-order valence-electron chi connectivity index (χ0n) is 12.2. The third-order valence-corrected chi connectivity index (χ3v) is 2.74. The Morgan fingerprint density at radius 1 is 1.06 bits per heavy atom. The van der Waals surface area contributed by atoms with Gasteiger partial charge in [0.05, 0.1) is 18.8 Å². The molecule has 2 unspecified atom stereocenters. The lowest BCUT2D eigenvalue weighted by Crippen LogP contribution is -2.31. The zero-order valence-corrected chi connectivity index (χ0v) is 12.2. The smallest absolute Gasteiger partial charge is 0.0897 e. The SMILES string of the molecule is CC(C)CCCOCC(O)CNCCCC(C)O. The van der Waals surface area contributed by atoms with Crippen LogP contribution in [0.5, 0.6) is 0 Å². The van der Waals surface area contributed by atoms with E-state index in [1.54, 1.807) is 6.92 Å². The van der Waals surface area contributed by atoms with Crippen LogP contribution in [0.3, 0.4) is 0 Å². The Labute approximate surface area is 112 Å². The third-order valence-electron chi connectivity index (χ3n) is 2.74. The van der Waals surface area contributed by atoms with Crippen molar-refractivity contribution in [1.29, 1.82) is 0 Å². The molecule has 18 heavy (non-hydrogen) atoms. The van der Waals surface area contributed by atoms with Gasteiger partial charge in [-0.1, -0.05) is 13.8 Å². The van der Waals surface area contributed by atoms with E-state index in [2.05, 4.69) is 19.2 Å². The number of aliphatic hydroxyl groups is 2. The lowest BCUT2D eigenvalue weighted by atomic mass is 10.1. The summed E-state index contributed by atoms with van der Waals surface area (Å²) >= 11 is 0. The van der Waals surface area contributed by atoms with Crippen molar-refractivity contribution in [1.82, 2.24) is 5.32 Å². The summed E-state index contributed by atoms with van der Waals surface area (Å²) in [7, 11) is 0. The average Bonchev–Trinajstić information content (AvgIpc) is 2.27. The summed E-state index contributed by atoms with van der Waals surface area (Å²) in [5.41, 5.74) is 0. The molecule has 0 rings (SSSR count). The van der Waals surface area contributed by atoms with Gasteiger partial charge in [-0.25, -0.2) is 0 Å². The summed E-state index contributed by atoms with van der Waals surface area (Å²) in [5.74, 6) is 0.717. The van der Waals surface area contributed by atoms with Crippen molar-refractivity contribution >= 4 is 0 Å². The summed E-state index contributed by atoms with van der Waals surface area (Å²) < 4.78 is 5.41. The molecular weight excluding hydrogens is 230 g/mol. The van der Waals surface area contributed by atoms with E-state index >= 15 is 0 Å². The molecule has 110 valence electrons. The van der Waals surface area contributed by atoms with Gasteiger partial charge >= 0.3 is 0 Å². The number of aliphatic hydroxyl groups excluding tert-OH is 2. The number of hydrogen-bond donors (Lipinski definition) is 3. The molecule has 0 fully saturated rings. The first-order chi connectivity index (χ1) is 8.52. The largest absolute Gasteiger partial charge is 0.393 e. The van der Waals surface area contributed by atoms with Crippen molar-refractivity contribution < 1.29 is 14.9 Å². The van der Waals surface area contributed by atoms with Crippen LogP contribution in [0.25, 0.3) is 0 Å². The van der Waals surface area contributed by atoms with Crippen LogP contribution in [0, 0.1) is 5.92 Å². The highest BCUT2D eigenvalue weighted by Gasteiger charge is 2.04. The molecule has 0 saturated carbocycles. The minimum atomic E-state index is -0.435. The molecule has 3 N–H and O–H groups in total. The Morgan fingerprint density at radius 3 is 2.39 bits per heavy atom. The molecule has 0 heterocycles. The molecule has 0 bridgehead atoms. The molecule has 0 radical (unpaired) electrons. The van der Waals surface area contributed by atoms with Gasteiger partial charge in [-0.05, 0) is 45.1 Å². The molecule has 4 heteroatoms. The number of hydrogen-bond acceptors (Lipinski definition) is 4. The van der Waals surface area contributed by atoms with Crippen LogP contribution in [-0.2, 0) is 4.74 Å². The second-order valence-electron chi connectivity index (χ2n) is 5.46. The zero-order chi connectivity index (χ0) is 13.8. The maximum Gasteiger partial charge on any atom is 0.0897 e. The van der Waals surface area contributed by atoms with Gasteiger partial charge in [0.2, 0.25) is 0 Å². The van der Waals surface area contributed by atoms with E-state index in [1.807, 2.05) is 0 Å². The predicted molar refractivity (Wildman–Crippen MR) is 74.7 cm³/mol. The van der Waals surface area contributed by atoms with Gasteiger partial charge in [-0.2, -0.15) is 0 Å². The van der Waals surface area contributed by atoms with Gasteiger partial charge in [0, 0.05) is 13.2 Å². The molecule has 0 aromatic rings. The topological polar surface area (TPSA) is 61.7 Å². The first-order valence-electron chi connectivity index (χ1n) is 7.17. The van der Waals surface area contributed by atoms with E-state index in [9.17, 15) is 5.11 Å². The van der Waals surface area contributed by atoms with Crippen molar-refractivity contribution in [3.8, 4) is 0 Å². The van der Waals surface area contributed by atoms with Crippen LogP contribution in [0.2, 0.25) is 0 Å². The van der Waals surface area contributed by atoms with Crippen LogP contribution in [0.15, 0.2) is 0 Å². The van der Waals surface area contributed by atoms with Crippen LogP contribution >= 0.6 is 0 Å². The van der Waals surface area contributed by atoms with Gasteiger partial charge in [0.1, 0.15) is 0 Å². The quantitative estimate of drug-likeness (QED) is 0.467. The maximum absolute atomic E-state index is 9.63. The second kappa shape index (κ2) is 11.9. The lowest BCUT2D eigenvalue weighted by molar-refractivity contribution is 0.0347. The third kappa shape index (κ3) is 13.9. The Bertz CT molecular complexity index is 156. The van der Waals surface area contributed by atoms with Crippen molar-refractivity contribution in [3.63, 3.8) is 0 Å². The normalized spacial score (nSPS) is 15.0. The standard InChI is InChI=1S/C14H31NO3/c1-12(2)6-5-9-18-11-14(17)10-15-8-4-7-13(3)16/h12-17H,4-11H2,1-3H3. The van der Waals surface area contributed by atoms with E-state index < -0.39 is 6.10 Å². The first kappa shape index (κ1) is 17.8. The minimum Gasteiger partial charge on any atom is -0.393 e. The van der Waals surface area contributed by atoms with E-state index in [0.29, 0.717) is 19.1 Å². The highest BCUT2D eigenvalue weighted by molar-refractivity contribution is 4.59. The van der Waals surface area contributed by atoms with Crippen molar-refractivity contribution in [3.05, 3.63) is 0 Å². The Hall–Kier alpha value is -0.160. The molecule has 0 aliphatic rings. The molecule has 0 aliphatic carbocycles. The van der Waals surface area contributed by atoms with Crippen LogP contribution in [0.1, 0.15) is 46.5 Å². The maximum atomic E-state index is 9.63. The Kier molecular flexibility index (Phi) is 11.8. The monoisotopic (exact) mass is 261 g/mol.